The highest BCUT2D eigenvalue weighted by molar-refractivity contribution is 5.99. The minimum atomic E-state index is -0.0627. The number of carbonyl (C=O) groups is 1. The first-order valence-electron chi connectivity index (χ1n) is 6.72. The quantitative estimate of drug-likeness (QED) is 0.795. The molecule has 1 rings (SSSR count). The van der Waals surface area contributed by atoms with Gasteiger partial charge >= 0.3 is 0 Å². The first kappa shape index (κ1) is 15.5. The lowest BCUT2D eigenvalue weighted by Crippen LogP contribution is -2.41. The molecule has 106 valence electrons. The number of carbonyl (C=O) groups excluding carboxylic acids is 1. The van der Waals surface area contributed by atoms with Crippen LogP contribution in [0.3, 0.4) is 0 Å². The molecule has 19 heavy (non-hydrogen) atoms. The Hall–Kier alpha value is -1.55. The zero-order valence-electron chi connectivity index (χ0n) is 12.2. The zero-order chi connectivity index (χ0) is 14.3. The van der Waals surface area contributed by atoms with E-state index in [1.54, 1.807) is 7.11 Å². The van der Waals surface area contributed by atoms with Crippen LogP contribution in [0.1, 0.15) is 31.1 Å². The summed E-state index contributed by atoms with van der Waals surface area (Å²) < 4.78 is 5.15. The molecular weight excluding hydrogens is 240 g/mol. The summed E-state index contributed by atoms with van der Waals surface area (Å²) in [5.41, 5.74) is 1.54. The van der Waals surface area contributed by atoms with E-state index in [1.807, 2.05) is 31.2 Å². The van der Waals surface area contributed by atoms with Crippen molar-refractivity contribution in [2.45, 2.75) is 26.8 Å². The van der Waals surface area contributed by atoms with Gasteiger partial charge in [0.15, 0.2) is 0 Å². The number of ether oxygens (including phenoxy) is 1. The van der Waals surface area contributed by atoms with Gasteiger partial charge in [0, 0.05) is 19.3 Å². The highest BCUT2D eigenvalue weighted by Gasteiger charge is 2.18. The maximum Gasteiger partial charge on any atom is 0.253 e. The van der Waals surface area contributed by atoms with Crippen LogP contribution >= 0.6 is 0 Å². The van der Waals surface area contributed by atoms with Gasteiger partial charge in [0.05, 0.1) is 18.2 Å². The van der Waals surface area contributed by atoms with E-state index in [0.29, 0.717) is 18.1 Å². The van der Waals surface area contributed by atoms with E-state index in [4.69, 9.17) is 4.74 Å². The van der Waals surface area contributed by atoms with Crippen molar-refractivity contribution in [3.05, 3.63) is 29.8 Å². The van der Waals surface area contributed by atoms with Crippen molar-refractivity contribution < 1.29 is 9.53 Å². The zero-order valence-corrected chi connectivity index (χ0v) is 12.2. The van der Waals surface area contributed by atoms with E-state index >= 15 is 0 Å². The molecular formula is C15H24N2O2. The van der Waals surface area contributed by atoms with Crippen molar-refractivity contribution >= 4 is 11.6 Å². The van der Waals surface area contributed by atoms with Crippen molar-refractivity contribution in [2.24, 2.45) is 5.92 Å². The van der Waals surface area contributed by atoms with Gasteiger partial charge in [-0.1, -0.05) is 26.0 Å². The Kier molecular flexibility index (Phi) is 6.36. The first-order valence-corrected chi connectivity index (χ1v) is 6.72. The summed E-state index contributed by atoms with van der Waals surface area (Å²) >= 11 is 0. The van der Waals surface area contributed by atoms with Crippen molar-refractivity contribution in [3.63, 3.8) is 0 Å². The Bertz CT molecular complexity index is 405. The Labute approximate surface area is 115 Å². The molecule has 0 aliphatic heterocycles. The standard InChI is InChI=1S/C15H24N2O2/c1-5-16-13-9-7-6-8-12(13)15(18)17-14(10-19-4)11(2)3/h6-9,11,14,16H,5,10H2,1-4H3,(H,17,18). The van der Waals surface area contributed by atoms with Gasteiger partial charge in [-0.2, -0.15) is 0 Å². The van der Waals surface area contributed by atoms with Crippen LogP contribution in [0, 0.1) is 5.92 Å². The van der Waals surface area contributed by atoms with E-state index in [0.717, 1.165) is 12.2 Å². The molecule has 1 aromatic rings. The minimum absolute atomic E-state index is 0.0205. The smallest absolute Gasteiger partial charge is 0.253 e. The highest BCUT2D eigenvalue weighted by atomic mass is 16.5. The average molecular weight is 264 g/mol. The minimum Gasteiger partial charge on any atom is -0.385 e. The molecule has 0 aromatic heterocycles. The van der Waals surface area contributed by atoms with Crippen LogP contribution in [-0.2, 0) is 4.74 Å². The average Bonchev–Trinajstić information content (AvgIpc) is 2.39. The van der Waals surface area contributed by atoms with Crippen LogP contribution in [0.4, 0.5) is 5.69 Å². The van der Waals surface area contributed by atoms with Gasteiger partial charge in [-0.25, -0.2) is 0 Å². The fraction of sp³-hybridized carbons (Fsp3) is 0.533. The van der Waals surface area contributed by atoms with Crippen LogP contribution < -0.4 is 10.6 Å². The molecule has 1 amide bonds. The van der Waals surface area contributed by atoms with Crippen molar-refractivity contribution in [1.29, 1.82) is 0 Å². The van der Waals surface area contributed by atoms with Crippen LogP contribution in [0.15, 0.2) is 24.3 Å². The third-order valence-corrected chi connectivity index (χ3v) is 3.01. The number of hydrogen-bond acceptors (Lipinski definition) is 3. The molecule has 0 aliphatic carbocycles. The Morgan fingerprint density at radius 3 is 2.58 bits per heavy atom. The summed E-state index contributed by atoms with van der Waals surface area (Å²) in [5.74, 6) is 0.266. The van der Waals surface area contributed by atoms with Gasteiger partial charge in [-0.3, -0.25) is 4.79 Å². The molecule has 0 radical (unpaired) electrons. The second kappa shape index (κ2) is 7.79. The number of methoxy groups -OCH3 is 1. The van der Waals surface area contributed by atoms with Gasteiger partial charge in [-0.15, -0.1) is 0 Å². The molecule has 4 nitrogen and oxygen atoms in total. The maximum atomic E-state index is 12.3. The maximum absolute atomic E-state index is 12.3. The molecule has 4 heteroatoms. The molecule has 0 fully saturated rings. The summed E-state index contributed by atoms with van der Waals surface area (Å²) in [4.78, 5) is 12.3. The topological polar surface area (TPSA) is 50.4 Å². The van der Waals surface area contributed by atoms with Crippen LogP contribution in [0.25, 0.3) is 0 Å². The molecule has 0 aliphatic rings. The first-order chi connectivity index (χ1) is 9.10. The number of rotatable bonds is 7. The molecule has 1 atom stereocenters. The van der Waals surface area contributed by atoms with E-state index in [2.05, 4.69) is 24.5 Å². The number of anilines is 1. The lowest BCUT2D eigenvalue weighted by molar-refractivity contribution is 0.0867. The third-order valence-electron chi connectivity index (χ3n) is 3.01. The Balaban J connectivity index is 2.81. The second-order valence-corrected chi connectivity index (χ2v) is 4.86. The third kappa shape index (κ3) is 4.56. The summed E-state index contributed by atoms with van der Waals surface area (Å²) in [5, 5.41) is 6.23. The predicted molar refractivity (Wildman–Crippen MR) is 78.6 cm³/mol. The highest BCUT2D eigenvalue weighted by Crippen LogP contribution is 2.15. The second-order valence-electron chi connectivity index (χ2n) is 4.86. The molecule has 0 spiro atoms. The fourth-order valence-corrected chi connectivity index (χ4v) is 1.85. The molecule has 0 bridgehead atoms. The Morgan fingerprint density at radius 1 is 1.32 bits per heavy atom. The van der Waals surface area contributed by atoms with Crippen LogP contribution in [0.5, 0.6) is 0 Å². The molecule has 0 heterocycles. The van der Waals surface area contributed by atoms with E-state index in [-0.39, 0.29) is 11.9 Å². The molecule has 1 unspecified atom stereocenters. The predicted octanol–water partition coefficient (Wildman–Crippen LogP) is 2.52. The lowest BCUT2D eigenvalue weighted by atomic mass is 10.0. The molecule has 0 saturated carbocycles. The monoisotopic (exact) mass is 264 g/mol. The van der Waals surface area contributed by atoms with Gasteiger partial charge < -0.3 is 15.4 Å². The van der Waals surface area contributed by atoms with Crippen molar-refractivity contribution in [2.75, 3.05) is 25.6 Å². The fourth-order valence-electron chi connectivity index (χ4n) is 1.85. The number of benzene rings is 1. The molecule has 2 N–H and O–H groups in total. The number of nitrogens with one attached hydrogen (secondary N) is 2. The number of hydrogen-bond donors (Lipinski definition) is 2. The molecule has 1 aromatic carbocycles. The summed E-state index contributed by atoms with van der Waals surface area (Å²) in [6.07, 6.45) is 0. The van der Waals surface area contributed by atoms with E-state index in [9.17, 15) is 4.79 Å². The molecule has 0 saturated heterocycles. The van der Waals surface area contributed by atoms with E-state index < -0.39 is 0 Å². The number of amides is 1. The van der Waals surface area contributed by atoms with E-state index in [1.165, 1.54) is 0 Å². The summed E-state index contributed by atoms with van der Waals surface area (Å²) in [6.45, 7) is 7.46. The van der Waals surface area contributed by atoms with Gasteiger partial charge in [-0.05, 0) is 25.0 Å². The van der Waals surface area contributed by atoms with Crippen LogP contribution in [0.2, 0.25) is 0 Å². The number of para-hydroxylation sites is 1. The largest absolute Gasteiger partial charge is 0.385 e. The van der Waals surface area contributed by atoms with Crippen molar-refractivity contribution in [1.82, 2.24) is 5.32 Å². The summed E-state index contributed by atoms with van der Waals surface area (Å²) in [7, 11) is 1.65. The Morgan fingerprint density at radius 2 is 2.00 bits per heavy atom. The van der Waals surface area contributed by atoms with Crippen molar-refractivity contribution in [3.8, 4) is 0 Å². The SMILES string of the molecule is CCNc1ccccc1C(=O)NC(COC)C(C)C. The van der Waals surface area contributed by atoms with Crippen LogP contribution in [-0.4, -0.2) is 32.2 Å². The van der Waals surface area contributed by atoms with Gasteiger partial charge in [0.1, 0.15) is 0 Å². The normalized spacial score (nSPS) is 12.3. The summed E-state index contributed by atoms with van der Waals surface area (Å²) in [6, 6.07) is 7.56. The van der Waals surface area contributed by atoms with Gasteiger partial charge in [0.2, 0.25) is 0 Å². The lowest BCUT2D eigenvalue weighted by Gasteiger charge is -2.22. The van der Waals surface area contributed by atoms with Gasteiger partial charge in [0.25, 0.3) is 5.91 Å².